The van der Waals surface area contributed by atoms with Gasteiger partial charge in [-0.2, -0.15) is 0 Å². The van der Waals surface area contributed by atoms with Crippen molar-refractivity contribution < 1.29 is 0 Å². The number of nitrogens with zero attached hydrogens (tertiary/aromatic N) is 4. The molecule has 0 bridgehead atoms. The SMILES string of the molecule is c1ccc(-c2cccc(-c3nc(-n4c5ccc6ccccc6c5c5c6c7ccccc7n(-c7ccccc7)c6ccc54)nc4ccccc34)c2)cc1. The Labute approximate surface area is 299 Å². The van der Waals surface area contributed by atoms with Crippen LogP contribution < -0.4 is 0 Å². The molecule has 4 nitrogen and oxygen atoms in total. The summed E-state index contributed by atoms with van der Waals surface area (Å²) in [6.07, 6.45) is 0. The van der Waals surface area contributed by atoms with E-state index in [2.05, 4.69) is 191 Å². The van der Waals surface area contributed by atoms with Crippen LogP contribution in [0, 0.1) is 0 Å². The normalized spacial score (nSPS) is 11.8. The first-order valence-corrected chi connectivity index (χ1v) is 17.7. The summed E-state index contributed by atoms with van der Waals surface area (Å²) >= 11 is 0. The topological polar surface area (TPSA) is 35.6 Å². The van der Waals surface area contributed by atoms with Crippen LogP contribution in [0.3, 0.4) is 0 Å². The van der Waals surface area contributed by atoms with E-state index >= 15 is 0 Å². The summed E-state index contributed by atoms with van der Waals surface area (Å²) in [6.45, 7) is 0. The van der Waals surface area contributed by atoms with Gasteiger partial charge in [-0.1, -0.05) is 133 Å². The average molecular weight is 663 g/mol. The molecule has 0 aliphatic heterocycles. The molecule has 0 fully saturated rings. The molecular weight excluding hydrogens is 633 g/mol. The molecule has 11 aromatic rings. The Bertz CT molecular complexity index is 3170. The molecule has 0 saturated heterocycles. The molecule has 242 valence electrons. The van der Waals surface area contributed by atoms with Crippen molar-refractivity contribution in [2.45, 2.75) is 0 Å². The zero-order chi connectivity index (χ0) is 34.2. The molecule has 0 aliphatic rings. The summed E-state index contributed by atoms with van der Waals surface area (Å²) in [5, 5.41) is 8.31. The maximum absolute atomic E-state index is 5.47. The van der Waals surface area contributed by atoms with E-state index in [0.29, 0.717) is 5.95 Å². The minimum absolute atomic E-state index is 0.653. The Hall–Kier alpha value is -7.04. The molecule has 0 N–H and O–H groups in total. The van der Waals surface area contributed by atoms with E-state index in [1.807, 2.05) is 0 Å². The second-order valence-electron chi connectivity index (χ2n) is 13.4. The average Bonchev–Trinajstić information content (AvgIpc) is 3.74. The van der Waals surface area contributed by atoms with Crippen LogP contribution in [0.4, 0.5) is 0 Å². The van der Waals surface area contributed by atoms with E-state index in [1.165, 1.54) is 48.9 Å². The summed E-state index contributed by atoms with van der Waals surface area (Å²) in [5.74, 6) is 0.653. The van der Waals surface area contributed by atoms with Gasteiger partial charge >= 0.3 is 0 Å². The maximum atomic E-state index is 5.47. The van der Waals surface area contributed by atoms with Crippen LogP contribution in [0.5, 0.6) is 0 Å². The fourth-order valence-electron chi connectivity index (χ4n) is 8.26. The molecule has 3 aromatic heterocycles. The molecule has 0 unspecified atom stereocenters. The van der Waals surface area contributed by atoms with Gasteiger partial charge < -0.3 is 4.57 Å². The summed E-state index contributed by atoms with van der Waals surface area (Å²) in [4.78, 5) is 10.8. The van der Waals surface area contributed by atoms with Gasteiger partial charge in [0.1, 0.15) is 0 Å². The number of rotatable bonds is 4. The largest absolute Gasteiger partial charge is 0.309 e. The Balaban J connectivity index is 1.28. The van der Waals surface area contributed by atoms with E-state index in [9.17, 15) is 0 Å². The minimum Gasteiger partial charge on any atom is -0.309 e. The molecule has 0 aliphatic carbocycles. The molecule has 8 aromatic carbocycles. The summed E-state index contributed by atoms with van der Waals surface area (Å²) in [7, 11) is 0. The van der Waals surface area contributed by atoms with Crippen LogP contribution in [0.25, 0.3) is 99.3 Å². The first kappa shape index (κ1) is 28.8. The van der Waals surface area contributed by atoms with Crippen LogP contribution in [-0.2, 0) is 0 Å². The quantitative estimate of drug-likeness (QED) is 0.188. The summed E-state index contributed by atoms with van der Waals surface area (Å²) < 4.78 is 4.67. The van der Waals surface area contributed by atoms with Gasteiger partial charge in [0.2, 0.25) is 5.95 Å². The van der Waals surface area contributed by atoms with Crippen LogP contribution >= 0.6 is 0 Å². The predicted octanol–water partition coefficient (Wildman–Crippen LogP) is 12.3. The van der Waals surface area contributed by atoms with Crippen molar-refractivity contribution in [3.63, 3.8) is 0 Å². The van der Waals surface area contributed by atoms with Crippen LogP contribution in [-0.4, -0.2) is 19.1 Å². The molecule has 0 saturated carbocycles. The molecule has 3 heterocycles. The lowest BCUT2D eigenvalue weighted by Crippen LogP contribution is -2.03. The molecule has 4 heteroatoms. The Kier molecular flexibility index (Phi) is 6.22. The van der Waals surface area contributed by atoms with Gasteiger partial charge in [-0.25, -0.2) is 9.97 Å². The van der Waals surface area contributed by atoms with Crippen molar-refractivity contribution in [3.05, 3.63) is 182 Å². The van der Waals surface area contributed by atoms with Gasteiger partial charge in [0, 0.05) is 38.2 Å². The van der Waals surface area contributed by atoms with Crippen molar-refractivity contribution in [2.24, 2.45) is 0 Å². The first-order valence-electron chi connectivity index (χ1n) is 17.7. The highest BCUT2D eigenvalue weighted by Crippen LogP contribution is 2.44. The highest BCUT2D eigenvalue weighted by molar-refractivity contribution is 6.33. The molecule has 0 spiro atoms. The van der Waals surface area contributed by atoms with Gasteiger partial charge in [0.05, 0.1) is 33.3 Å². The smallest absolute Gasteiger partial charge is 0.235 e. The van der Waals surface area contributed by atoms with Crippen molar-refractivity contribution in [3.8, 4) is 34.0 Å². The zero-order valence-electron chi connectivity index (χ0n) is 28.1. The van der Waals surface area contributed by atoms with E-state index in [4.69, 9.17) is 9.97 Å². The van der Waals surface area contributed by atoms with Gasteiger partial charge in [-0.15, -0.1) is 0 Å². The molecule has 0 amide bonds. The van der Waals surface area contributed by atoms with E-state index < -0.39 is 0 Å². The second kappa shape index (κ2) is 11.2. The van der Waals surface area contributed by atoms with Crippen molar-refractivity contribution in [2.75, 3.05) is 0 Å². The lowest BCUT2D eigenvalue weighted by atomic mass is 10.00. The molecule has 52 heavy (non-hydrogen) atoms. The number of hydrogen-bond donors (Lipinski definition) is 0. The monoisotopic (exact) mass is 662 g/mol. The number of fused-ring (bicyclic) bond motifs is 10. The second-order valence-corrected chi connectivity index (χ2v) is 13.4. The molecular formula is C48H30N4. The molecule has 11 rings (SSSR count). The summed E-state index contributed by atoms with van der Waals surface area (Å²) in [5.41, 5.74) is 10.9. The van der Waals surface area contributed by atoms with Crippen molar-refractivity contribution >= 4 is 65.3 Å². The van der Waals surface area contributed by atoms with Gasteiger partial charge in [-0.3, -0.25) is 4.57 Å². The third-order valence-corrected chi connectivity index (χ3v) is 10.5. The third-order valence-electron chi connectivity index (χ3n) is 10.5. The van der Waals surface area contributed by atoms with Gasteiger partial charge in [0.25, 0.3) is 0 Å². The Morgan fingerprint density at radius 3 is 1.79 bits per heavy atom. The maximum Gasteiger partial charge on any atom is 0.235 e. The number of aromatic nitrogens is 4. The van der Waals surface area contributed by atoms with Gasteiger partial charge in [-0.05, 0) is 70.4 Å². The Morgan fingerprint density at radius 2 is 0.942 bits per heavy atom. The standard InChI is InChI=1S/C48H30N4/c1-3-14-31(15-4-1)33-17-13-18-34(30-33)47-37-22-9-11-24-39(37)49-48(50-47)52-42-27-26-32-16-7-8-21-36(32)44(42)46-43(52)29-28-41-45(46)38-23-10-12-25-40(38)51(41)35-19-5-2-6-20-35/h1-30H. The van der Waals surface area contributed by atoms with E-state index in [0.717, 1.165) is 44.4 Å². The van der Waals surface area contributed by atoms with Crippen LogP contribution in [0.2, 0.25) is 0 Å². The first-order chi connectivity index (χ1) is 25.8. The van der Waals surface area contributed by atoms with Crippen molar-refractivity contribution in [1.82, 2.24) is 19.1 Å². The number of para-hydroxylation sites is 3. The number of benzene rings is 8. The Morgan fingerprint density at radius 1 is 0.346 bits per heavy atom. The molecule has 0 atom stereocenters. The van der Waals surface area contributed by atoms with E-state index in [1.54, 1.807) is 0 Å². The molecule has 0 radical (unpaired) electrons. The lowest BCUT2D eigenvalue weighted by molar-refractivity contribution is 1.01. The van der Waals surface area contributed by atoms with Crippen LogP contribution in [0.15, 0.2) is 182 Å². The third kappa shape index (κ3) is 4.21. The summed E-state index contributed by atoms with van der Waals surface area (Å²) in [6, 6.07) is 64.7. The van der Waals surface area contributed by atoms with E-state index in [-0.39, 0.29) is 0 Å². The van der Waals surface area contributed by atoms with Gasteiger partial charge in [0.15, 0.2) is 0 Å². The minimum atomic E-state index is 0.653. The highest BCUT2D eigenvalue weighted by atomic mass is 15.2. The van der Waals surface area contributed by atoms with Crippen LogP contribution in [0.1, 0.15) is 0 Å². The predicted molar refractivity (Wildman–Crippen MR) is 217 cm³/mol. The fraction of sp³-hybridized carbons (Fsp3) is 0. The lowest BCUT2D eigenvalue weighted by Gasteiger charge is -2.13. The van der Waals surface area contributed by atoms with Crippen molar-refractivity contribution in [1.29, 1.82) is 0 Å². The highest BCUT2D eigenvalue weighted by Gasteiger charge is 2.23. The number of hydrogen-bond acceptors (Lipinski definition) is 2. The fourth-order valence-corrected chi connectivity index (χ4v) is 8.26. The zero-order valence-corrected chi connectivity index (χ0v) is 28.1.